The number of hydrogen-bond acceptors (Lipinski definition) is 5. The molecule has 0 spiro atoms. The molecule has 0 unspecified atom stereocenters. The van der Waals surface area contributed by atoms with Crippen LogP contribution in [-0.2, 0) is 16.6 Å². The Balaban J connectivity index is 1.66. The number of hydrogen-bond donors (Lipinski definition) is 2. The Morgan fingerprint density at radius 3 is 2.61 bits per heavy atom. The molecule has 4 aromatic rings. The first kappa shape index (κ1) is 22.7. The van der Waals surface area contributed by atoms with Gasteiger partial charge in [0.15, 0.2) is 0 Å². The third-order valence-electron chi connectivity index (χ3n) is 5.12. The first-order valence-corrected chi connectivity index (χ1v) is 12.1. The van der Waals surface area contributed by atoms with Crippen LogP contribution >= 0.6 is 15.9 Å². The minimum absolute atomic E-state index is 0.0566. The maximum atomic E-state index is 13.2. The van der Waals surface area contributed by atoms with Crippen molar-refractivity contribution in [1.82, 2.24) is 15.3 Å². The number of rotatable bonds is 6. The second-order valence-electron chi connectivity index (χ2n) is 7.23. The zero-order valence-electron chi connectivity index (χ0n) is 17.4. The Kier molecular flexibility index (Phi) is 6.30. The van der Waals surface area contributed by atoms with E-state index in [1.54, 1.807) is 48.8 Å². The number of carbonyl (C=O) groups excluding carboxylic acids is 1. The Hall–Kier alpha value is -3.50. The lowest BCUT2D eigenvalue weighted by atomic mass is 10.1. The molecule has 0 fully saturated rings. The second-order valence-corrected chi connectivity index (χ2v) is 10.1. The molecule has 0 saturated heterocycles. The number of nitrogens with one attached hydrogen (secondary N) is 2. The summed E-state index contributed by atoms with van der Waals surface area (Å²) in [5.41, 5.74) is 1.01. The molecule has 4 rings (SSSR count). The average molecular weight is 527 g/mol. The van der Waals surface area contributed by atoms with E-state index in [1.165, 1.54) is 31.4 Å². The summed E-state index contributed by atoms with van der Waals surface area (Å²) in [5.74, 6) is -0.567. The van der Waals surface area contributed by atoms with E-state index in [0.717, 1.165) is 14.3 Å². The molecule has 0 aliphatic heterocycles. The number of aromatic nitrogens is 2. The van der Waals surface area contributed by atoms with Crippen LogP contribution in [0.15, 0.2) is 87.4 Å². The lowest BCUT2D eigenvalue weighted by Crippen LogP contribution is -2.29. The Morgan fingerprint density at radius 1 is 1.15 bits per heavy atom. The topological polar surface area (TPSA) is 112 Å². The third-order valence-corrected chi connectivity index (χ3v) is 7.43. The van der Waals surface area contributed by atoms with Crippen LogP contribution in [0.4, 0.5) is 5.69 Å². The van der Waals surface area contributed by atoms with E-state index in [0.29, 0.717) is 11.2 Å². The van der Waals surface area contributed by atoms with E-state index in [1.807, 2.05) is 0 Å². The Morgan fingerprint density at radius 2 is 1.91 bits per heavy atom. The van der Waals surface area contributed by atoms with E-state index in [-0.39, 0.29) is 22.4 Å². The Bertz CT molecular complexity index is 1490. The van der Waals surface area contributed by atoms with Crippen LogP contribution in [0.3, 0.4) is 0 Å². The monoisotopic (exact) mass is 526 g/mol. The van der Waals surface area contributed by atoms with Gasteiger partial charge in [-0.1, -0.05) is 22.0 Å². The van der Waals surface area contributed by atoms with Crippen LogP contribution in [0.2, 0.25) is 0 Å². The third kappa shape index (κ3) is 4.67. The molecule has 2 N–H and O–H groups in total. The molecule has 0 radical (unpaired) electrons. The van der Waals surface area contributed by atoms with Crippen LogP contribution in [0.25, 0.3) is 10.9 Å². The number of fused-ring (bicyclic) bond motifs is 1. The Labute approximate surface area is 198 Å². The van der Waals surface area contributed by atoms with Crippen molar-refractivity contribution < 1.29 is 13.2 Å². The molecule has 1 amide bonds. The highest BCUT2D eigenvalue weighted by Crippen LogP contribution is 2.25. The number of carbonyl (C=O) groups is 1. The van der Waals surface area contributed by atoms with Crippen molar-refractivity contribution in [3.05, 3.63) is 99.0 Å². The van der Waals surface area contributed by atoms with Gasteiger partial charge in [0, 0.05) is 47.6 Å². The number of nitrogens with zero attached hydrogens (tertiary/aromatic N) is 2. The molecular weight excluding hydrogens is 508 g/mol. The summed E-state index contributed by atoms with van der Waals surface area (Å²) in [7, 11) is -2.49. The molecule has 8 nitrogen and oxygen atoms in total. The van der Waals surface area contributed by atoms with Gasteiger partial charge in [-0.15, -0.1) is 0 Å². The number of pyridine rings is 2. The lowest BCUT2D eigenvalue weighted by Gasteiger charge is -2.20. The maximum Gasteiger partial charge on any atom is 0.264 e. The molecule has 0 bridgehead atoms. The fraction of sp³-hybridized carbons (Fsp3) is 0.0870. The van der Waals surface area contributed by atoms with Crippen molar-refractivity contribution in [2.24, 2.45) is 0 Å². The van der Waals surface area contributed by atoms with Crippen molar-refractivity contribution in [2.45, 2.75) is 11.4 Å². The molecule has 0 aliphatic rings. The fourth-order valence-corrected chi connectivity index (χ4v) is 4.74. The smallest absolute Gasteiger partial charge is 0.264 e. The van der Waals surface area contributed by atoms with Crippen LogP contribution < -0.4 is 15.1 Å². The summed E-state index contributed by atoms with van der Waals surface area (Å²) in [6, 6.07) is 14.6. The second kappa shape index (κ2) is 9.16. The van der Waals surface area contributed by atoms with Gasteiger partial charge in [-0.05, 0) is 54.1 Å². The van der Waals surface area contributed by atoms with Crippen molar-refractivity contribution >= 4 is 48.5 Å². The minimum Gasteiger partial charge on any atom is -0.360 e. The normalized spacial score (nSPS) is 11.3. The summed E-state index contributed by atoms with van der Waals surface area (Å²) in [6.45, 7) is 0.205. The van der Waals surface area contributed by atoms with Gasteiger partial charge in [-0.25, -0.2) is 8.42 Å². The fourth-order valence-electron chi connectivity index (χ4n) is 3.25. The summed E-state index contributed by atoms with van der Waals surface area (Å²) >= 11 is 3.33. The lowest BCUT2D eigenvalue weighted by molar-refractivity contribution is 0.0949. The number of anilines is 1. The van der Waals surface area contributed by atoms with Crippen molar-refractivity contribution in [3.63, 3.8) is 0 Å². The average Bonchev–Trinajstić information content (AvgIpc) is 2.83. The first-order valence-electron chi connectivity index (χ1n) is 9.84. The number of benzene rings is 2. The number of H-pyrrole nitrogens is 1. The van der Waals surface area contributed by atoms with Gasteiger partial charge in [0.1, 0.15) is 5.56 Å². The molecule has 0 saturated carbocycles. The van der Waals surface area contributed by atoms with Crippen LogP contribution in [0.1, 0.15) is 15.9 Å². The van der Waals surface area contributed by atoms with Gasteiger partial charge in [-0.2, -0.15) is 0 Å². The van der Waals surface area contributed by atoms with Crippen molar-refractivity contribution in [1.29, 1.82) is 0 Å². The highest BCUT2D eigenvalue weighted by molar-refractivity contribution is 9.10. The van der Waals surface area contributed by atoms with Gasteiger partial charge >= 0.3 is 0 Å². The van der Waals surface area contributed by atoms with Crippen molar-refractivity contribution in [2.75, 3.05) is 11.4 Å². The van der Waals surface area contributed by atoms with Crippen molar-refractivity contribution in [3.8, 4) is 0 Å². The van der Waals surface area contributed by atoms with E-state index < -0.39 is 21.4 Å². The molecule has 0 atom stereocenters. The quantitative estimate of drug-likeness (QED) is 0.399. The number of amides is 1. The molecule has 168 valence electrons. The summed E-state index contributed by atoms with van der Waals surface area (Å²) in [6.07, 6.45) is 4.56. The van der Waals surface area contributed by atoms with Gasteiger partial charge in [0.25, 0.3) is 15.9 Å². The summed E-state index contributed by atoms with van der Waals surface area (Å²) < 4.78 is 28.3. The maximum absolute atomic E-state index is 13.2. The van der Waals surface area contributed by atoms with Gasteiger partial charge in [0.05, 0.1) is 10.6 Å². The zero-order valence-corrected chi connectivity index (χ0v) is 19.9. The van der Waals surface area contributed by atoms with E-state index in [2.05, 4.69) is 31.2 Å². The number of sulfonamides is 1. The summed E-state index contributed by atoms with van der Waals surface area (Å²) in [4.78, 5) is 32.5. The SMILES string of the molecule is CN(c1ccc(Br)cc1)S(=O)(=O)c1ccc2[nH]cc(C(=O)NCc3cccnc3)c(=O)c2c1. The van der Waals surface area contributed by atoms with E-state index in [9.17, 15) is 18.0 Å². The van der Waals surface area contributed by atoms with Crippen LogP contribution in [0.5, 0.6) is 0 Å². The molecular formula is C23H19BrN4O4S. The predicted octanol–water partition coefficient (Wildman–Crippen LogP) is 3.44. The minimum atomic E-state index is -3.93. The van der Waals surface area contributed by atoms with E-state index >= 15 is 0 Å². The molecule has 0 aliphatic carbocycles. The first-order chi connectivity index (χ1) is 15.8. The van der Waals surface area contributed by atoms with Gasteiger partial charge in [0.2, 0.25) is 5.43 Å². The molecule has 2 aromatic heterocycles. The number of aromatic amines is 1. The molecule has 33 heavy (non-hydrogen) atoms. The van der Waals surface area contributed by atoms with E-state index in [4.69, 9.17) is 0 Å². The van der Waals surface area contributed by atoms with Crippen LogP contribution in [-0.4, -0.2) is 31.3 Å². The standard InChI is InChI=1S/C23H19BrN4O4S/c1-28(17-6-4-16(24)5-7-17)33(31,32)18-8-9-21-19(11-18)22(29)20(14-26-21)23(30)27-13-15-3-2-10-25-12-15/h2-12,14H,13H2,1H3,(H,26,29)(H,27,30). The highest BCUT2D eigenvalue weighted by Gasteiger charge is 2.23. The van der Waals surface area contributed by atoms with Gasteiger partial charge < -0.3 is 10.3 Å². The highest BCUT2D eigenvalue weighted by atomic mass is 79.9. The van der Waals surface area contributed by atoms with Crippen LogP contribution in [0, 0.1) is 0 Å². The predicted molar refractivity (Wildman–Crippen MR) is 130 cm³/mol. The molecule has 10 heteroatoms. The molecule has 2 aromatic carbocycles. The zero-order chi connectivity index (χ0) is 23.6. The summed E-state index contributed by atoms with van der Waals surface area (Å²) in [5, 5.41) is 2.79. The number of halogens is 1. The van der Waals surface area contributed by atoms with Gasteiger partial charge in [-0.3, -0.25) is 18.9 Å². The molecule has 2 heterocycles. The largest absolute Gasteiger partial charge is 0.360 e.